The molecule has 12 heavy (non-hydrogen) atoms. The van der Waals surface area contributed by atoms with Crippen molar-refractivity contribution in [1.82, 2.24) is 11.1 Å². The van der Waals surface area contributed by atoms with Crippen LogP contribution < -0.4 is 6.15 Å². The van der Waals surface area contributed by atoms with Gasteiger partial charge in [-0.15, -0.1) is 0 Å². The molecular formula is C5H7ClN2O3S. The van der Waals surface area contributed by atoms with Crippen molar-refractivity contribution in [3.05, 3.63) is 23.5 Å². The molecule has 1 aromatic rings. The molecule has 1 rings (SSSR count). The summed E-state index contributed by atoms with van der Waals surface area (Å²) in [6.45, 7) is 0. The van der Waals surface area contributed by atoms with E-state index in [1.54, 1.807) is 0 Å². The molecule has 0 aromatic carbocycles. The van der Waals surface area contributed by atoms with E-state index in [4.69, 9.17) is 11.6 Å². The molecule has 0 aliphatic rings. The number of halogens is 1. The maximum absolute atomic E-state index is 10.4. The zero-order chi connectivity index (χ0) is 8.48. The smallest absolute Gasteiger partial charge is 0.127 e. The Morgan fingerprint density at radius 2 is 2.08 bits per heavy atom. The lowest BCUT2D eigenvalue weighted by molar-refractivity contribution is 0.463. The van der Waals surface area contributed by atoms with Gasteiger partial charge in [0.1, 0.15) is 10.1 Å². The van der Waals surface area contributed by atoms with Crippen LogP contribution in [0.2, 0.25) is 5.02 Å². The fraction of sp³-hybridized carbons (Fsp3) is 0. The second kappa shape index (κ2) is 3.81. The van der Waals surface area contributed by atoms with Crippen molar-refractivity contribution in [2.75, 3.05) is 0 Å². The molecule has 0 radical (unpaired) electrons. The van der Waals surface area contributed by atoms with Crippen molar-refractivity contribution in [3.63, 3.8) is 0 Å². The Labute approximate surface area is 74.7 Å². The van der Waals surface area contributed by atoms with Crippen LogP contribution in [0.15, 0.2) is 23.4 Å². The van der Waals surface area contributed by atoms with Crippen molar-refractivity contribution in [2.45, 2.75) is 4.90 Å². The fourth-order valence-corrected chi connectivity index (χ4v) is 1.43. The summed E-state index contributed by atoms with van der Waals surface area (Å²) >= 11 is 5.39. The molecule has 0 spiro atoms. The van der Waals surface area contributed by atoms with Gasteiger partial charge in [-0.3, -0.25) is 4.98 Å². The second-order valence-corrected chi connectivity index (χ2v) is 3.52. The van der Waals surface area contributed by atoms with Crippen LogP contribution in [0.25, 0.3) is 0 Å². The van der Waals surface area contributed by atoms with Gasteiger partial charge in [-0.1, -0.05) is 11.6 Å². The Balaban J connectivity index is 0.00000121. The van der Waals surface area contributed by atoms with E-state index in [1.165, 1.54) is 12.3 Å². The minimum absolute atomic E-state index is 0. The van der Waals surface area contributed by atoms with E-state index in [2.05, 4.69) is 4.98 Å². The first kappa shape index (κ1) is 11.3. The molecule has 5 nitrogen and oxygen atoms in total. The molecular weight excluding hydrogens is 204 g/mol. The Hall–Kier alpha value is -0.690. The third-order valence-corrected chi connectivity index (χ3v) is 2.31. The third-order valence-electron chi connectivity index (χ3n) is 1.00. The molecule has 0 saturated heterocycles. The van der Waals surface area contributed by atoms with E-state index in [9.17, 15) is 13.0 Å². The number of hydrogen-bond acceptors (Lipinski definition) is 4. The number of quaternary nitrogens is 1. The van der Waals surface area contributed by atoms with Gasteiger partial charge in [0, 0.05) is 12.4 Å². The van der Waals surface area contributed by atoms with Crippen LogP contribution in [0, 0.1) is 0 Å². The summed E-state index contributed by atoms with van der Waals surface area (Å²) in [6, 6.07) is 1.24. The Bertz CT molecular complexity index is 365. The molecule has 0 fully saturated rings. The third kappa shape index (κ3) is 2.42. The average molecular weight is 211 g/mol. The average Bonchev–Trinajstić information content (AvgIpc) is 1.86. The van der Waals surface area contributed by atoms with Crippen LogP contribution in [0.5, 0.6) is 0 Å². The summed E-state index contributed by atoms with van der Waals surface area (Å²) < 4.78 is 31.1. The molecule has 7 heteroatoms. The largest absolute Gasteiger partial charge is 0.744 e. The number of aromatic nitrogens is 1. The molecule has 4 N–H and O–H groups in total. The maximum atomic E-state index is 10.4. The molecule has 0 aliphatic heterocycles. The van der Waals surface area contributed by atoms with Gasteiger partial charge in [-0.05, 0) is 6.07 Å². The van der Waals surface area contributed by atoms with Gasteiger partial charge < -0.3 is 10.7 Å². The molecule has 0 bridgehead atoms. The summed E-state index contributed by atoms with van der Waals surface area (Å²) in [5.74, 6) is 0. The lowest BCUT2D eigenvalue weighted by Gasteiger charge is -2.06. The fourth-order valence-electron chi connectivity index (χ4n) is 0.547. The minimum atomic E-state index is -4.48. The summed E-state index contributed by atoms with van der Waals surface area (Å²) in [6.07, 6.45) is 2.22. The van der Waals surface area contributed by atoms with Gasteiger partial charge >= 0.3 is 0 Å². The number of hydrogen-bond donors (Lipinski definition) is 1. The number of rotatable bonds is 1. The molecule has 0 amide bonds. The Morgan fingerprint density at radius 3 is 2.42 bits per heavy atom. The van der Waals surface area contributed by atoms with E-state index >= 15 is 0 Å². The van der Waals surface area contributed by atoms with E-state index in [0.717, 1.165) is 6.20 Å². The van der Waals surface area contributed by atoms with Gasteiger partial charge in [0.15, 0.2) is 0 Å². The highest BCUT2D eigenvalue weighted by molar-refractivity contribution is 7.85. The Kier molecular flexibility index (Phi) is 3.59. The Morgan fingerprint density at radius 1 is 1.50 bits per heavy atom. The molecule has 1 aromatic heterocycles. The van der Waals surface area contributed by atoms with Crippen LogP contribution in [0.3, 0.4) is 0 Å². The van der Waals surface area contributed by atoms with Gasteiger partial charge in [0.2, 0.25) is 0 Å². The molecule has 0 unspecified atom stereocenters. The van der Waals surface area contributed by atoms with Crippen LogP contribution in [-0.4, -0.2) is 18.0 Å². The number of pyridine rings is 1. The summed E-state index contributed by atoms with van der Waals surface area (Å²) in [5.41, 5.74) is 0. The lowest BCUT2D eigenvalue weighted by Crippen LogP contribution is -1.99. The first-order valence-electron chi connectivity index (χ1n) is 2.57. The summed E-state index contributed by atoms with van der Waals surface area (Å²) in [5, 5.41) is -0.102. The highest BCUT2D eigenvalue weighted by Gasteiger charge is 2.05. The predicted molar refractivity (Wildman–Crippen MR) is 43.2 cm³/mol. The highest BCUT2D eigenvalue weighted by atomic mass is 35.5. The molecule has 0 atom stereocenters. The van der Waals surface area contributed by atoms with E-state index in [-0.39, 0.29) is 11.2 Å². The van der Waals surface area contributed by atoms with Crippen LogP contribution in [0.4, 0.5) is 0 Å². The normalized spacial score (nSPS) is 10.5. The predicted octanol–water partition coefficient (Wildman–Crippen LogP) is 1.02. The van der Waals surface area contributed by atoms with Crippen molar-refractivity contribution >= 4 is 21.7 Å². The first-order valence-corrected chi connectivity index (χ1v) is 4.36. The van der Waals surface area contributed by atoms with Crippen LogP contribution in [0.1, 0.15) is 0 Å². The second-order valence-electron chi connectivity index (χ2n) is 1.76. The first-order chi connectivity index (χ1) is 5.02. The molecule has 0 saturated carbocycles. The lowest BCUT2D eigenvalue weighted by atomic mass is 10.5. The number of nitrogens with zero attached hydrogens (tertiary/aromatic N) is 1. The molecule has 1 heterocycles. The summed E-state index contributed by atoms with van der Waals surface area (Å²) in [7, 11) is -4.48. The van der Waals surface area contributed by atoms with E-state index < -0.39 is 15.0 Å². The van der Waals surface area contributed by atoms with Gasteiger partial charge in [0.05, 0.1) is 9.92 Å². The minimum Gasteiger partial charge on any atom is -0.744 e. The van der Waals surface area contributed by atoms with Crippen molar-refractivity contribution in [2.24, 2.45) is 0 Å². The standard InChI is InChI=1S/C5H4ClNO3S.H3N/c6-4-1-2-7-3-5(4)11(8,9)10;/h1-3H,(H,8,9,10);1H3. The maximum Gasteiger partial charge on any atom is 0.127 e. The van der Waals surface area contributed by atoms with Gasteiger partial charge in [-0.2, -0.15) is 0 Å². The van der Waals surface area contributed by atoms with E-state index in [0.29, 0.717) is 0 Å². The molecule has 0 aliphatic carbocycles. The zero-order valence-electron chi connectivity index (χ0n) is 6.19. The van der Waals surface area contributed by atoms with Crippen molar-refractivity contribution in [3.8, 4) is 0 Å². The van der Waals surface area contributed by atoms with E-state index in [1.807, 2.05) is 0 Å². The topological polar surface area (TPSA) is 107 Å². The SMILES string of the molecule is O=S(=O)([O-])c1cnccc1Cl.[NH4+]. The van der Waals surface area contributed by atoms with Crippen LogP contribution in [-0.2, 0) is 10.1 Å². The zero-order valence-corrected chi connectivity index (χ0v) is 7.76. The van der Waals surface area contributed by atoms with Crippen molar-refractivity contribution in [1.29, 1.82) is 0 Å². The quantitative estimate of drug-likeness (QED) is 0.698. The monoisotopic (exact) mass is 210 g/mol. The van der Waals surface area contributed by atoms with Crippen molar-refractivity contribution < 1.29 is 13.0 Å². The van der Waals surface area contributed by atoms with Crippen LogP contribution >= 0.6 is 11.6 Å². The molecule has 68 valence electrons. The summed E-state index contributed by atoms with van der Waals surface area (Å²) in [4.78, 5) is 2.96. The highest BCUT2D eigenvalue weighted by Crippen LogP contribution is 2.17. The van der Waals surface area contributed by atoms with Gasteiger partial charge in [-0.25, -0.2) is 8.42 Å². The van der Waals surface area contributed by atoms with Gasteiger partial charge in [0.25, 0.3) is 0 Å².